The first-order chi connectivity index (χ1) is 7.70. The maximum absolute atomic E-state index is 12.0. The fourth-order valence-corrected chi connectivity index (χ4v) is 1.79. The van der Waals surface area contributed by atoms with Crippen molar-refractivity contribution in [3.05, 3.63) is 24.3 Å². The highest BCUT2D eigenvalue weighted by atomic mass is 16.3. The van der Waals surface area contributed by atoms with E-state index in [9.17, 15) is 9.90 Å². The molecular weight excluding hydrogens is 208 g/mol. The summed E-state index contributed by atoms with van der Waals surface area (Å²) in [7, 11) is 1.66. The molecule has 1 saturated heterocycles. The maximum Gasteiger partial charge on any atom is 0.274 e. The summed E-state index contributed by atoms with van der Waals surface area (Å²) in [6.07, 6.45) is 3.89. The number of aromatic nitrogens is 2. The number of rotatable bonds is 2. The summed E-state index contributed by atoms with van der Waals surface area (Å²) in [6.45, 7) is 1.12. The molecule has 0 bridgehead atoms. The summed E-state index contributed by atoms with van der Waals surface area (Å²) < 4.78 is 0. The van der Waals surface area contributed by atoms with Crippen LogP contribution in [0.3, 0.4) is 0 Å². The molecule has 2 atom stereocenters. The molecule has 0 aromatic carbocycles. The van der Waals surface area contributed by atoms with Gasteiger partial charge in [0.15, 0.2) is 0 Å². The van der Waals surface area contributed by atoms with E-state index in [1.807, 2.05) is 0 Å². The Hall–Kier alpha value is -1.53. The maximum atomic E-state index is 12.0. The van der Waals surface area contributed by atoms with Gasteiger partial charge in [0.05, 0.1) is 18.3 Å². The minimum Gasteiger partial charge on any atom is -0.390 e. The van der Waals surface area contributed by atoms with Gasteiger partial charge < -0.3 is 15.3 Å². The van der Waals surface area contributed by atoms with Crippen LogP contribution in [-0.2, 0) is 0 Å². The number of hydrogen-bond acceptors (Lipinski definition) is 5. The number of nitrogens with zero attached hydrogens (tertiary/aromatic N) is 3. The van der Waals surface area contributed by atoms with Crippen LogP contribution in [0.4, 0.5) is 0 Å². The molecule has 0 aliphatic carbocycles. The predicted octanol–water partition coefficient (Wildman–Crippen LogP) is -1.12. The van der Waals surface area contributed by atoms with E-state index < -0.39 is 6.10 Å². The van der Waals surface area contributed by atoms with E-state index in [1.165, 1.54) is 23.5 Å². The number of aliphatic hydroxyl groups is 1. The van der Waals surface area contributed by atoms with Crippen molar-refractivity contribution in [2.24, 2.45) is 0 Å². The number of hydrogen-bond donors (Lipinski definition) is 2. The van der Waals surface area contributed by atoms with E-state index in [1.54, 1.807) is 7.05 Å². The molecule has 0 spiro atoms. The Bertz CT molecular complexity index is 370. The lowest BCUT2D eigenvalue weighted by molar-refractivity contribution is 0.0575. The van der Waals surface area contributed by atoms with Gasteiger partial charge in [-0.15, -0.1) is 0 Å². The summed E-state index contributed by atoms with van der Waals surface area (Å²) >= 11 is 0. The number of likely N-dealkylation sites (N-methyl/N-ethyl adjacent to an activating group) is 1. The molecular formula is C10H14N4O2. The van der Waals surface area contributed by atoms with E-state index >= 15 is 0 Å². The molecule has 1 aliphatic heterocycles. The number of carbonyl (C=O) groups excluding carboxylic acids is 1. The molecule has 1 aromatic heterocycles. The van der Waals surface area contributed by atoms with Gasteiger partial charge in [-0.3, -0.25) is 9.78 Å². The monoisotopic (exact) mass is 222 g/mol. The minimum absolute atomic E-state index is 0.200. The first-order valence-corrected chi connectivity index (χ1v) is 5.12. The Kier molecular flexibility index (Phi) is 3.12. The van der Waals surface area contributed by atoms with Gasteiger partial charge in [-0.2, -0.15) is 0 Å². The zero-order chi connectivity index (χ0) is 11.5. The quantitative estimate of drug-likeness (QED) is 0.663. The van der Waals surface area contributed by atoms with Crippen LogP contribution in [0.25, 0.3) is 0 Å². The minimum atomic E-state index is -0.523. The van der Waals surface area contributed by atoms with Crippen LogP contribution in [0.2, 0.25) is 0 Å². The molecule has 1 amide bonds. The number of carbonyl (C=O) groups is 1. The average molecular weight is 222 g/mol. The number of aliphatic hydroxyl groups excluding tert-OH is 1. The third-order valence-corrected chi connectivity index (χ3v) is 2.75. The number of nitrogens with one attached hydrogen (secondary N) is 1. The lowest BCUT2D eigenvalue weighted by Crippen LogP contribution is -2.44. The van der Waals surface area contributed by atoms with E-state index in [0.29, 0.717) is 18.8 Å². The van der Waals surface area contributed by atoms with Crippen LogP contribution < -0.4 is 5.32 Å². The van der Waals surface area contributed by atoms with Gasteiger partial charge in [-0.25, -0.2) is 4.98 Å². The first-order valence-electron chi connectivity index (χ1n) is 5.12. The third-order valence-electron chi connectivity index (χ3n) is 2.75. The van der Waals surface area contributed by atoms with Crippen LogP contribution in [0.1, 0.15) is 10.5 Å². The molecule has 86 valence electrons. The van der Waals surface area contributed by atoms with Gasteiger partial charge in [-0.05, 0) is 0 Å². The first kappa shape index (κ1) is 11.0. The molecule has 0 saturated carbocycles. The summed E-state index contributed by atoms with van der Waals surface area (Å²) in [6, 6.07) is -0.200. The van der Waals surface area contributed by atoms with Crippen molar-refractivity contribution in [2.75, 3.05) is 20.1 Å². The lowest BCUT2D eigenvalue weighted by Gasteiger charge is -2.25. The van der Waals surface area contributed by atoms with Crippen LogP contribution in [0.5, 0.6) is 0 Å². The van der Waals surface area contributed by atoms with Crippen molar-refractivity contribution in [3.63, 3.8) is 0 Å². The molecule has 16 heavy (non-hydrogen) atoms. The largest absolute Gasteiger partial charge is 0.390 e. The molecule has 0 radical (unpaired) electrons. The Balaban J connectivity index is 2.10. The Morgan fingerprint density at radius 3 is 2.94 bits per heavy atom. The Labute approximate surface area is 93.3 Å². The van der Waals surface area contributed by atoms with E-state index in [2.05, 4.69) is 15.3 Å². The van der Waals surface area contributed by atoms with Crippen molar-refractivity contribution >= 4 is 5.91 Å². The van der Waals surface area contributed by atoms with Gasteiger partial charge in [0.2, 0.25) is 0 Å². The predicted molar refractivity (Wildman–Crippen MR) is 56.8 cm³/mol. The number of amides is 1. The normalized spacial score (nSPS) is 24.4. The zero-order valence-corrected chi connectivity index (χ0v) is 9.00. The van der Waals surface area contributed by atoms with Crippen molar-refractivity contribution in [1.29, 1.82) is 0 Å². The highest BCUT2D eigenvalue weighted by Gasteiger charge is 2.31. The molecule has 2 rings (SSSR count). The summed E-state index contributed by atoms with van der Waals surface area (Å²) in [4.78, 5) is 21.3. The summed E-state index contributed by atoms with van der Waals surface area (Å²) in [5.74, 6) is -0.221. The molecule has 1 aromatic rings. The average Bonchev–Trinajstić information content (AvgIpc) is 2.75. The van der Waals surface area contributed by atoms with Crippen LogP contribution >= 0.6 is 0 Å². The van der Waals surface area contributed by atoms with Gasteiger partial charge in [0.1, 0.15) is 5.69 Å². The highest BCUT2D eigenvalue weighted by Crippen LogP contribution is 2.10. The smallest absolute Gasteiger partial charge is 0.274 e. The van der Waals surface area contributed by atoms with Crippen molar-refractivity contribution < 1.29 is 9.90 Å². The third kappa shape index (κ3) is 2.02. The molecule has 0 unspecified atom stereocenters. The van der Waals surface area contributed by atoms with Crippen LogP contribution in [0.15, 0.2) is 18.6 Å². The SMILES string of the molecule is CN(C(=O)c1cnccn1)[C@@H]1CNC[C@H]1O. The van der Waals surface area contributed by atoms with Gasteiger partial charge in [0, 0.05) is 32.5 Å². The fraction of sp³-hybridized carbons (Fsp3) is 0.500. The molecule has 2 heterocycles. The van der Waals surface area contributed by atoms with Crippen molar-refractivity contribution in [3.8, 4) is 0 Å². The van der Waals surface area contributed by atoms with Crippen molar-refractivity contribution in [1.82, 2.24) is 20.2 Å². The molecule has 1 fully saturated rings. The van der Waals surface area contributed by atoms with Gasteiger partial charge >= 0.3 is 0 Å². The van der Waals surface area contributed by atoms with Crippen LogP contribution in [-0.4, -0.2) is 58.2 Å². The van der Waals surface area contributed by atoms with Gasteiger partial charge in [-0.1, -0.05) is 0 Å². The summed E-state index contributed by atoms with van der Waals surface area (Å²) in [5.41, 5.74) is 0.295. The molecule has 1 aliphatic rings. The Morgan fingerprint density at radius 2 is 2.38 bits per heavy atom. The molecule has 6 heteroatoms. The van der Waals surface area contributed by atoms with E-state index in [-0.39, 0.29) is 11.9 Å². The molecule has 6 nitrogen and oxygen atoms in total. The molecule has 2 N–H and O–H groups in total. The fourth-order valence-electron chi connectivity index (χ4n) is 1.79. The van der Waals surface area contributed by atoms with Gasteiger partial charge in [0.25, 0.3) is 5.91 Å². The standard InChI is InChI=1S/C10H14N4O2/c1-14(8-5-12-6-9(8)15)10(16)7-4-11-2-3-13-7/h2-4,8-9,12,15H,5-6H2,1H3/t8-,9-/m1/s1. The zero-order valence-electron chi connectivity index (χ0n) is 9.00. The van der Waals surface area contributed by atoms with E-state index in [0.717, 1.165) is 0 Å². The lowest BCUT2D eigenvalue weighted by atomic mass is 10.2. The Morgan fingerprint density at radius 1 is 1.56 bits per heavy atom. The van der Waals surface area contributed by atoms with Crippen LogP contribution in [0, 0.1) is 0 Å². The van der Waals surface area contributed by atoms with Crippen molar-refractivity contribution in [2.45, 2.75) is 12.1 Å². The second kappa shape index (κ2) is 4.54. The summed E-state index contributed by atoms with van der Waals surface area (Å²) in [5, 5.41) is 12.7. The number of β-amino-alcohol motifs (C(OH)–C–C–N with tert-alkyl or cyclic N) is 1. The second-order valence-electron chi connectivity index (χ2n) is 3.80. The highest BCUT2D eigenvalue weighted by molar-refractivity contribution is 5.92. The topological polar surface area (TPSA) is 78.4 Å². The van der Waals surface area contributed by atoms with E-state index in [4.69, 9.17) is 0 Å². The second-order valence-corrected chi connectivity index (χ2v) is 3.80.